The molecule has 0 aliphatic heterocycles. The minimum absolute atomic E-state index is 0.226. The number of hydrogen-bond acceptors (Lipinski definition) is 3. The Labute approximate surface area is 86.8 Å². The van der Waals surface area contributed by atoms with Gasteiger partial charge in [-0.25, -0.2) is 0 Å². The molecule has 0 bridgehead atoms. The SMILES string of the molecule is Cc1cnccc1-c1c[nH]c(=O)c(N)c1. The highest BCUT2D eigenvalue weighted by Crippen LogP contribution is 2.21. The van der Waals surface area contributed by atoms with Crippen molar-refractivity contribution in [3.05, 3.63) is 46.6 Å². The molecule has 0 saturated heterocycles. The minimum atomic E-state index is -0.259. The molecule has 4 nitrogen and oxygen atoms in total. The van der Waals surface area contributed by atoms with Crippen molar-refractivity contribution in [3.8, 4) is 11.1 Å². The molecule has 2 aromatic heterocycles. The summed E-state index contributed by atoms with van der Waals surface area (Å²) in [6, 6.07) is 3.56. The quantitative estimate of drug-likeness (QED) is 0.731. The molecule has 3 N–H and O–H groups in total. The van der Waals surface area contributed by atoms with Gasteiger partial charge in [0.1, 0.15) is 0 Å². The molecule has 76 valence electrons. The van der Waals surface area contributed by atoms with Crippen molar-refractivity contribution in [2.75, 3.05) is 5.73 Å². The van der Waals surface area contributed by atoms with Crippen molar-refractivity contribution in [1.29, 1.82) is 0 Å². The van der Waals surface area contributed by atoms with Crippen LogP contribution in [0.1, 0.15) is 5.56 Å². The highest BCUT2D eigenvalue weighted by atomic mass is 16.1. The van der Waals surface area contributed by atoms with Crippen LogP contribution in [0.25, 0.3) is 11.1 Å². The Morgan fingerprint density at radius 3 is 2.93 bits per heavy atom. The van der Waals surface area contributed by atoms with E-state index in [0.29, 0.717) is 0 Å². The Balaban J connectivity index is 2.60. The Kier molecular flexibility index (Phi) is 2.25. The van der Waals surface area contributed by atoms with Gasteiger partial charge in [-0.1, -0.05) is 0 Å². The third-order valence-corrected chi connectivity index (χ3v) is 2.26. The van der Waals surface area contributed by atoms with E-state index in [1.165, 1.54) is 0 Å². The molecule has 0 radical (unpaired) electrons. The van der Waals surface area contributed by atoms with Crippen LogP contribution in [-0.2, 0) is 0 Å². The minimum Gasteiger partial charge on any atom is -0.394 e. The molecule has 2 aromatic rings. The zero-order chi connectivity index (χ0) is 10.8. The average Bonchev–Trinajstić information content (AvgIpc) is 2.23. The molecule has 2 heterocycles. The van der Waals surface area contributed by atoms with Gasteiger partial charge in [-0.15, -0.1) is 0 Å². The maximum Gasteiger partial charge on any atom is 0.271 e. The van der Waals surface area contributed by atoms with Gasteiger partial charge in [0.25, 0.3) is 5.56 Å². The van der Waals surface area contributed by atoms with Crippen molar-refractivity contribution >= 4 is 5.69 Å². The van der Waals surface area contributed by atoms with Crippen LogP contribution < -0.4 is 11.3 Å². The first-order chi connectivity index (χ1) is 7.18. The second-order valence-corrected chi connectivity index (χ2v) is 3.36. The summed E-state index contributed by atoms with van der Waals surface area (Å²) >= 11 is 0. The second-order valence-electron chi connectivity index (χ2n) is 3.36. The molecule has 0 aliphatic carbocycles. The van der Waals surface area contributed by atoms with E-state index in [-0.39, 0.29) is 11.2 Å². The molecule has 2 rings (SSSR count). The largest absolute Gasteiger partial charge is 0.394 e. The number of rotatable bonds is 1. The lowest BCUT2D eigenvalue weighted by Gasteiger charge is -2.04. The van der Waals surface area contributed by atoms with Crippen LogP contribution in [0, 0.1) is 6.92 Å². The molecule has 4 heteroatoms. The highest BCUT2D eigenvalue weighted by molar-refractivity contribution is 5.68. The number of aryl methyl sites for hydroxylation is 1. The predicted molar refractivity (Wildman–Crippen MR) is 59.4 cm³/mol. The summed E-state index contributed by atoms with van der Waals surface area (Å²) in [5.41, 5.74) is 8.48. The highest BCUT2D eigenvalue weighted by Gasteiger charge is 2.03. The van der Waals surface area contributed by atoms with E-state index in [2.05, 4.69) is 9.97 Å². The fourth-order valence-corrected chi connectivity index (χ4v) is 1.45. The maximum absolute atomic E-state index is 11.1. The molecule has 0 aromatic carbocycles. The number of aromatic amines is 1. The van der Waals surface area contributed by atoms with Crippen LogP contribution in [0.2, 0.25) is 0 Å². The third kappa shape index (κ3) is 1.74. The van der Waals surface area contributed by atoms with Crippen LogP contribution in [0.15, 0.2) is 35.5 Å². The summed E-state index contributed by atoms with van der Waals surface area (Å²) < 4.78 is 0. The molecular weight excluding hydrogens is 190 g/mol. The van der Waals surface area contributed by atoms with E-state index in [9.17, 15) is 4.79 Å². The topological polar surface area (TPSA) is 71.8 Å². The number of pyridine rings is 2. The number of anilines is 1. The molecule has 15 heavy (non-hydrogen) atoms. The van der Waals surface area contributed by atoms with Crippen LogP contribution in [0.3, 0.4) is 0 Å². The Morgan fingerprint density at radius 1 is 1.47 bits per heavy atom. The zero-order valence-corrected chi connectivity index (χ0v) is 8.32. The van der Waals surface area contributed by atoms with E-state index in [1.807, 2.05) is 13.0 Å². The van der Waals surface area contributed by atoms with E-state index < -0.39 is 0 Å². The summed E-state index contributed by atoms with van der Waals surface area (Å²) in [5.74, 6) is 0. The van der Waals surface area contributed by atoms with Crippen molar-refractivity contribution in [2.24, 2.45) is 0 Å². The van der Waals surface area contributed by atoms with Gasteiger partial charge in [0.05, 0.1) is 5.69 Å². The predicted octanol–water partition coefficient (Wildman–Crippen LogP) is 1.33. The van der Waals surface area contributed by atoms with Crippen LogP contribution >= 0.6 is 0 Å². The molecule has 0 fully saturated rings. The molecule has 0 unspecified atom stereocenters. The van der Waals surface area contributed by atoms with Crippen LogP contribution in [0.4, 0.5) is 5.69 Å². The first-order valence-corrected chi connectivity index (χ1v) is 4.57. The van der Waals surface area contributed by atoms with Crippen molar-refractivity contribution in [1.82, 2.24) is 9.97 Å². The molecule has 0 spiro atoms. The van der Waals surface area contributed by atoms with Gasteiger partial charge < -0.3 is 10.7 Å². The number of nitrogen functional groups attached to an aromatic ring is 1. The Hall–Kier alpha value is -2.10. The summed E-state index contributed by atoms with van der Waals surface area (Å²) in [6.07, 6.45) is 5.14. The van der Waals surface area contributed by atoms with Gasteiger partial charge in [-0.2, -0.15) is 0 Å². The third-order valence-electron chi connectivity index (χ3n) is 2.26. The van der Waals surface area contributed by atoms with E-state index in [0.717, 1.165) is 16.7 Å². The number of nitrogens with zero attached hydrogens (tertiary/aromatic N) is 1. The summed E-state index contributed by atoms with van der Waals surface area (Å²) in [5, 5.41) is 0. The van der Waals surface area contributed by atoms with Crippen LogP contribution in [-0.4, -0.2) is 9.97 Å². The monoisotopic (exact) mass is 201 g/mol. The van der Waals surface area contributed by atoms with Crippen molar-refractivity contribution in [3.63, 3.8) is 0 Å². The maximum atomic E-state index is 11.1. The molecule has 0 aliphatic rings. The lowest BCUT2D eigenvalue weighted by Crippen LogP contribution is -2.10. The van der Waals surface area contributed by atoms with E-state index in [1.54, 1.807) is 24.7 Å². The second kappa shape index (κ2) is 3.57. The van der Waals surface area contributed by atoms with Crippen LogP contribution in [0.5, 0.6) is 0 Å². The first kappa shape index (κ1) is 9.45. The number of H-pyrrole nitrogens is 1. The number of aromatic nitrogens is 2. The Bertz CT molecular complexity index is 546. The average molecular weight is 201 g/mol. The van der Waals surface area contributed by atoms with Crippen molar-refractivity contribution < 1.29 is 0 Å². The smallest absolute Gasteiger partial charge is 0.271 e. The molecule has 0 amide bonds. The molecule has 0 saturated carbocycles. The summed E-state index contributed by atoms with van der Waals surface area (Å²) in [4.78, 5) is 17.7. The number of nitrogens with two attached hydrogens (primary N) is 1. The zero-order valence-electron chi connectivity index (χ0n) is 8.32. The van der Waals surface area contributed by atoms with Gasteiger partial charge >= 0.3 is 0 Å². The van der Waals surface area contributed by atoms with Gasteiger partial charge in [0, 0.05) is 24.2 Å². The van der Waals surface area contributed by atoms with Gasteiger partial charge in [0.2, 0.25) is 0 Å². The first-order valence-electron chi connectivity index (χ1n) is 4.57. The standard InChI is InChI=1S/C11H11N3O/c1-7-5-13-3-2-9(7)8-4-10(12)11(15)14-6-8/h2-6H,12H2,1H3,(H,14,15). The van der Waals surface area contributed by atoms with E-state index in [4.69, 9.17) is 5.73 Å². The van der Waals surface area contributed by atoms with Gasteiger partial charge in [-0.05, 0) is 30.2 Å². The van der Waals surface area contributed by atoms with Gasteiger partial charge in [0.15, 0.2) is 0 Å². The lowest BCUT2D eigenvalue weighted by molar-refractivity contribution is 1.23. The summed E-state index contributed by atoms with van der Waals surface area (Å²) in [7, 11) is 0. The van der Waals surface area contributed by atoms with E-state index >= 15 is 0 Å². The lowest BCUT2D eigenvalue weighted by atomic mass is 10.0. The molecule has 0 atom stereocenters. The summed E-state index contributed by atoms with van der Waals surface area (Å²) in [6.45, 7) is 1.96. The number of nitrogens with one attached hydrogen (secondary N) is 1. The van der Waals surface area contributed by atoms with Gasteiger partial charge in [-0.3, -0.25) is 9.78 Å². The fourth-order valence-electron chi connectivity index (χ4n) is 1.45. The Morgan fingerprint density at radius 2 is 2.27 bits per heavy atom. The number of hydrogen-bond donors (Lipinski definition) is 2. The normalized spacial score (nSPS) is 10.2. The molecular formula is C11H11N3O. The van der Waals surface area contributed by atoms with Crippen molar-refractivity contribution in [2.45, 2.75) is 6.92 Å². The fraction of sp³-hybridized carbons (Fsp3) is 0.0909.